The van der Waals surface area contributed by atoms with Gasteiger partial charge in [-0.2, -0.15) is 0 Å². The monoisotopic (exact) mass is 433 g/mol. The molecule has 0 aliphatic rings. The summed E-state index contributed by atoms with van der Waals surface area (Å²) in [6, 6.07) is 0. The smallest absolute Gasteiger partial charge is 0.330 e. The molecule has 0 radical (unpaired) electrons. The summed E-state index contributed by atoms with van der Waals surface area (Å²) >= 11 is 0. The van der Waals surface area contributed by atoms with Crippen LogP contribution in [0.5, 0.6) is 0 Å². The molecule has 0 aromatic carbocycles. The largest absolute Gasteiger partial charge is 0.403 e. The maximum absolute atomic E-state index is 11.9. The van der Waals surface area contributed by atoms with E-state index in [4.69, 9.17) is 4.52 Å². The van der Waals surface area contributed by atoms with Crippen molar-refractivity contribution in [3.8, 4) is 0 Å². The van der Waals surface area contributed by atoms with Crippen molar-refractivity contribution < 1.29 is 18.5 Å². The van der Waals surface area contributed by atoms with Crippen LogP contribution in [0.4, 0.5) is 0 Å². The van der Waals surface area contributed by atoms with Gasteiger partial charge >= 0.3 is 7.75 Å². The van der Waals surface area contributed by atoms with Gasteiger partial charge in [-0.15, -0.1) is 0 Å². The number of nitrogens with zero attached hydrogens (tertiary/aromatic N) is 1. The zero-order chi connectivity index (χ0) is 21.8. The molecule has 6 heteroatoms. The summed E-state index contributed by atoms with van der Waals surface area (Å²) in [5.74, 6) is 0. The number of allylic oxidation sites excluding steroid dienone is 2. The molecule has 2 N–H and O–H groups in total. The number of nitrogens with one attached hydrogen (secondary N) is 1. The van der Waals surface area contributed by atoms with Crippen molar-refractivity contribution >= 4 is 7.75 Å². The SMILES string of the molecule is CCCCCCCCC/C=C/CCCCCCCOP(=O)(O)NCC[N+](C)(C)C. The lowest BCUT2D eigenvalue weighted by Gasteiger charge is -2.24. The fraction of sp³-hybridized carbons (Fsp3) is 0.913. The predicted molar refractivity (Wildman–Crippen MR) is 126 cm³/mol. The van der Waals surface area contributed by atoms with E-state index in [0.29, 0.717) is 13.2 Å². The Morgan fingerprint density at radius 3 is 1.83 bits per heavy atom. The van der Waals surface area contributed by atoms with Crippen LogP contribution in [0, 0.1) is 0 Å². The van der Waals surface area contributed by atoms with Gasteiger partial charge in [-0.25, -0.2) is 9.65 Å². The number of quaternary nitrogens is 1. The Kier molecular flexibility index (Phi) is 18.4. The Morgan fingerprint density at radius 1 is 0.828 bits per heavy atom. The predicted octanol–water partition coefficient (Wildman–Crippen LogP) is 6.44. The van der Waals surface area contributed by atoms with Crippen LogP contribution in [0.3, 0.4) is 0 Å². The van der Waals surface area contributed by atoms with Crippen molar-refractivity contribution in [1.82, 2.24) is 5.09 Å². The average molecular weight is 434 g/mol. The second kappa shape index (κ2) is 18.6. The molecular weight excluding hydrogens is 383 g/mol. The maximum atomic E-state index is 11.9. The number of hydrogen-bond donors (Lipinski definition) is 2. The van der Waals surface area contributed by atoms with Crippen LogP contribution in [0.1, 0.15) is 96.8 Å². The molecule has 0 aromatic heterocycles. The highest BCUT2D eigenvalue weighted by Gasteiger charge is 2.19. The maximum Gasteiger partial charge on any atom is 0.403 e. The van der Waals surface area contributed by atoms with Crippen molar-refractivity contribution in [2.24, 2.45) is 0 Å². The van der Waals surface area contributed by atoms with Crippen LogP contribution in [0.2, 0.25) is 0 Å². The first-order valence-electron chi connectivity index (χ1n) is 11.9. The van der Waals surface area contributed by atoms with E-state index < -0.39 is 7.75 Å². The first-order chi connectivity index (χ1) is 13.8. The molecule has 0 aliphatic carbocycles. The van der Waals surface area contributed by atoms with Crippen LogP contribution in [-0.2, 0) is 9.09 Å². The Balaban J connectivity index is 3.37. The van der Waals surface area contributed by atoms with Gasteiger partial charge in [0.25, 0.3) is 0 Å². The van der Waals surface area contributed by atoms with Gasteiger partial charge in [0.15, 0.2) is 0 Å². The minimum Gasteiger partial charge on any atom is -0.330 e. The van der Waals surface area contributed by atoms with E-state index in [1.54, 1.807) is 0 Å². The number of rotatable bonds is 21. The van der Waals surface area contributed by atoms with Gasteiger partial charge in [0.1, 0.15) is 0 Å². The van der Waals surface area contributed by atoms with Crippen LogP contribution >= 0.6 is 7.75 Å². The van der Waals surface area contributed by atoms with E-state index >= 15 is 0 Å². The Bertz CT molecular complexity index is 436. The Labute approximate surface area is 181 Å². The third-order valence-electron chi connectivity index (χ3n) is 5.02. The highest BCUT2D eigenvalue weighted by Crippen LogP contribution is 2.36. The fourth-order valence-corrected chi connectivity index (χ4v) is 3.96. The number of hydrogen-bond acceptors (Lipinski definition) is 2. The molecule has 0 fully saturated rings. The molecule has 1 unspecified atom stereocenters. The van der Waals surface area contributed by atoms with Gasteiger partial charge in [-0.05, 0) is 32.1 Å². The van der Waals surface area contributed by atoms with Gasteiger partial charge in [0.05, 0.1) is 40.8 Å². The van der Waals surface area contributed by atoms with E-state index in [9.17, 15) is 9.46 Å². The zero-order valence-corrected chi connectivity index (χ0v) is 20.7. The summed E-state index contributed by atoms with van der Waals surface area (Å²) in [4.78, 5) is 9.74. The van der Waals surface area contributed by atoms with Gasteiger partial charge < -0.3 is 9.38 Å². The molecular formula is C23H50N2O3P+. The van der Waals surface area contributed by atoms with Crippen LogP contribution in [0.15, 0.2) is 12.2 Å². The highest BCUT2D eigenvalue weighted by molar-refractivity contribution is 7.50. The lowest BCUT2D eigenvalue weighted by molar-refractivity contribution is -0.869. The van der Waals surface area contributed by atoms with Crippen molar-refractivity contribution in [2.45, 2.75) is 96.8 Å². The summed E-state index contributed by atoms with van der Waals surface area (Å²) < 4.78 is 17.8. The van der Waals surface area contributed by atoms with Crippen molar-refractivity contribution in [3.63, 3.8) is 0 Å². The average Bonchev–Trinajstić information content (AvgIpc) is 2.63. The molecule has 5 nitrogen and oxygen atoms in total. The van der Waals surface area contributed by atoms with Crippen molar-refractivity contribution in [2.75, 3.05) is 40.8 Å². The Morgan fingerprint density at radius 2 is 1.31 bits per heavy atom. The molecule has 174 valence electrons. The molecule has 1 atom stereocenters. The molecule has 0 rings (SSSR count). The normalized spacial score (nSPS) is 14.5. The van der Waals surface area contributed by atoms with Crippen LogP contribution in [-0.4, -0.2) is 50.2 Å². The molecule has 0 aromatic rings. The minimum absolute atomic E-state index is 0.351. The molecule has 0 aliphatic heterocycles. The van der Waals surface area contributed by atoms with E-state index in [1.807, 2.05) is 0 Å². The van der Waals surface area contributed by atoms with E-state index in [0.717, 1.165) is 23.9 Å². The molecule has 0 heterocycles. The summed E-state index contributed by atoms with van der Waals surface area (Å²) in [6.45, 7) is 3.87. The number of unbranched alkanes of at least 4 members (excludes halogenated alkanes) is 12. The second-order valence-corrected chi connectivity index (χ2v) is 10.8. The van der Waals surface area contributed by atoms with E-state index in [1.165, 1.54) is 77.0 Å². The lowest BCUT2D eigenvalue weighted by atomic mass is 10.1. The summed E-state index contributed by atoms with van der Waals surface area (Å²) in [5, 5.41) is 2.64. The fourth-order valence-electron chi connectivity index (χ4n) is 3.11. The van der Waals surface area contributed by atoms with Crippen LogP contribution < -0.4 is 5.09 Å². The van der Waals surface area contributed by atoms with Gasteiger partial charge in [-0.3, -0.25) is 4.52 Å². The topological polar surface area (TPSA) is 58.6 Å². The molecule has 0 spiro atoms. The van der Waals surface area contributed by atoms with Crippen molar-refractivity contribution in [1.29, 1.82) is 0 Å². The molecule has 0 saturated heterocycles. The standard InChI is InChI=1S/C23H49N2O3P/c1-5-6-7-8-9-10-11-12-13-14-15-16-17-18-19-20-23-28-29(26,27)24-21-22-25(2,3)4/h13-14H,5-12,15-23H2,1-4H3,(H-,24,26,27)/p+1/b14-13+. The third-order valence-corrected chi connectivity index (χ3v) is 6.17. The molecule has 29 heavy (non-hydrogen) atoms. The lowest BCUT2D eigenvalue weighted by Crippen LogP contribution is -2.40. The zero-order valence-electron chi connectivity index (χ0n) is 19.8. The first kappa shape index (κ1) is 28.8. The minimum atomic E-state index is -3.64. The van der Waals surface area contributed by atoms with Crippen LogP contribution in [0.25, 0.3) is 0 Å². The van der Waals surface area contributed by atoms with Gasteiger partial charge in [0.2, 0.25) is 0 Å². The third kappa shape index (κ3) is 24.0. The number of likely N-dealkylation sites (N-methyl/N-ethyl adjacent to an activating group) is 1. The summed E-state index contributed by atoms with van der Waals surface area (Å²) in [6.07, 6.45) is 22.3. The summed E-state index contributed by atoms with van der Waals surface area (Å²) in [5.41, 5.74) is 0. The first-order valence-corrected chi connectivity index (χ1v) is 13.5. The van der Waals surface area contributed by atoms with Gasteiger partial charge in [0, 0.05) is 0 Å². The second-order valence-electron chi connectivity index (χ2n) is 9.21. The summed E-state index contributed by atoms with van der Waals surface area (Å²) in [7, 11) is 2.52. The molecule has 0 amide bonds. The van der Waals surface area contributed by atoms with E-state index in [2.05, 4.69) is 45.3 Å². The molecule has 0 saturated carbocycles. The van der Waals surface area contributed by atoms with Crippen molar-refractivity contribution in [3.05, 3.63) is 12.2 Å². The quantitative estimate of drug-likeness (QED) is 0.0947. The van der Waals surface area contributed by atoms with E-state index in [-0.39, 0.29) is 0 Å². The highest BCUT2D eigenvalue weighted by atomic mass is 31.2. The van der Waals surface area contributed by atoms with Gasteiger partial charge in [-0.1, -0.05) is 76.9 Å². The molecule has 0 bridgehead atoms. The Hall–Kier alpha value is -0.190.